The van der Waals surface area contributed by atoms with Crippen molar-refractivity contribution in [2.45, 2.75) is 289 Å². The standard InChI is InChI=1S/C59H102O12/c1-4-7-10-13-16-19-22-24-25-26-27-29-32-35-38-41-44-47-53(62)70-57-55(64)54(63)56(58(65)66)71-59(57)68-49-50(69-52(61)46-43-40-37-34-30-21-18-15-12-9-6-3)48-67-51(60)45-42-39-36-33-31-28-23-20-17-14-11-8-5-2/h8,11,17,20,28,31,36,39,50,54-57,59,63-64H,4-7,9-10,12-16,18-19,21-27,29-30,32-35,37-38,40-49H2,1-3H3,(H,65,66)/b11-8-,20-17-,31-28-,39-36-. The predicted molar refractivity (Wildman–Crippen MR) is 285 cm³/mol. The summed E-state index contributed by atoms with van der Waals surface area (Å²) in [5.41, 5.74) is 0. The Hall–Kier alpha value is -3.32. The highest BCUT2D eigenvalue weighted by Crippen LogP contribution is 2.26. The molecule has 12 nitrogen and oxygen atoms in total. The van der Waals surface area contributed by atoms with Crippen LogP contribution >= 0.6 is 0 Å². The van der Waals surface area contributed by atoms with Gasteiger partial charge in [-0.15, -0.1) is 0 Å². The van der Waals surface area contributed by atoms with Crippen molar-refractivity contribution in [3.05, 3.63) is 48.6 Å². The van der Waals surface area contributed by atoms with Crippen molar-refractivity contribution in [3.63, 3.8) is 0 Å². The summed E-state index contributed by atoms with van der Waals surface area (Å²) in [5.74, 6) is -3.21. The van der Waals surface area contributed by atoms with Crippen molar-refractivity contribution < 1.29 is 58.2 Å². The molecule has 0 aromatic heterocycles. The minimum absolute atomic E-state index is 0.0587. The Morgan fingerprint density at radius 2 is 0.887 bits per heavy atom. The van der Waals surface area contributed by atoms with Gasteiger partial charge in [0.25, 0.3) is 0 Å². The molecular formula is C59H102O12. The first-order chi connectivity index (χ1) is 34.6. The van der Waals surface area contributed by atoms with Gasteiger partial charge in [-0.25, -0.2) is 4.79 Å². The Kier molecular flexibility index (Phi) is 44.1. The van der Waals surface area contributed by atoms with Crippen LogP contribution in [0, 0.1) is 0 Å². The zero-order valence-corrected chi connectivity index (χ0v) is 45.0. The van der Waals surface area contributed by atoms with Crippen LogP contribution in [0.4, 0.5) is 0 Å². The fraction of sp³-hybridized carbons (Fsp3) is 0.797. The fourth-order valence-corrected chi connectivity index (χ4v) is 8.56. The van der Waals surface area contributed by atoms with Crippen LogP contribution in [0.2, 0.25) is 0 Å². The molecule has 1 fully saturated rings. The summed E-state index contributed by atoms with van der Waals surface area (Å²) >= 11 is 0. The van der Waals surface area contributed by atoms with Gasteiger partial charge in [0.05, 0.1) is 6.61 Å². The number of aliphatic carboxylic acids is 1. The average Bonchev–Trinajstić information content (AvgIpc) is 3.35. The van der Waals surface area contributed by atoms with E-state index >= 15 is 0 Å². The Balaban J connectivity index is 2.70. The van der Waals surface area contributed by atoms with Gasteiger partial charge in [-0.3, -0.25) is 14.4 Å². The van der Waals surface area contributed by atoms with Crippen molar-refractivity contribution in [1.82, 2.24) is 0 Å². The molecule has 0 aliphatic carbocycles. The number of hydrogen-bond donors (Lipinski definition) is 3. The summed E-state index contributed by atoms with van der Waals surface area (Å²) in [6.45, 7) is 5.81. The number of carbonyl (C=O) groups is 4. The lowest BCUT2D eigenvalue weighted by atomic mass is 9.98. The highest BCUT2D eigenvalue weighted by molar-refractivity contribution is 5.74. The molecule has 410 valence electrons. The van der Waals surface area contributed by atoms with E-state index in [1.54, 1.807) is 0 Å². The lowest BCUT2D eigenvalue weighted by Gasteiger charge is -2.40. The van der Waals surface area contributed by atoms with Crippen LogP contribution in [0.1, 0.15) is 252 Å². The van der Waals surface area contributed by atoms with E-state index in [-0.39, 0.29) is 25.9 Å². The first-order valence-electron chi connectivity index (χ1n) is 28.6. The van der Waals surface area contributed by atoms with Gasteiger partial charge >= 0.3 is 23.9 Å². The molecule has 1 heterocycles. The van der Waals surface area contributed by atoms with Crippen LogP contribution in [0.5, 0.6) is 0 Å². The van der Waals surface area contributed by atoms with Crippen LogP contribution in [0.3, 0.4) is 0 Å². The lowest BCUT2D eigenvalue weighted by molar-refractivity contribution is -0.301. The molecule has 1 aliphatic rings. The van der Waals surface area contributed by atoms with Crippen molar-refractivity contribution in [1.29, 1.82) is 0 Å². The van der Waals surface area contributed by atoms with Crippen molar-refractivity contribution in [2.75, 3.05) is 13.2 Å². The van der Waals surface area contributed by atoms with Crippen molar-refractivity contribution in [2.24, 2.45) is 0 Å². The van der Waals surface area contributed by atoms with E-state index in [2.05, 4.69) is 57.2 Å². The Morgan fingerprint density at radius 1 is 0.479 bits per heavy atom. The largest absolute Gasteiger partial charge is 0.479 e. The second-order valence-corrected chi connectivity index (χ2v) is 19.6. The summed E-state index contributed by atoms with van der Waals surface area (Å²) in [6, 6.07) is 0. The van der Waals surface area contributed by atoms with Gasteiger partial charge in [-0.2, -0.15) is 0 Å². The number of hydrogen-bond acceptors (Lipinski definition) is 11. The van der Waals surface area contributed by atoms with E-state index in [1.807, 2.05) is 12.2 Å². The van der Waals surface area contributed by atoms with Crippen LogP contribution in [0.15, 0.2) is 48.6 Å². The molecule has 0 spiro atoms. The highest BCUT2D eigenvalue weighted by atomic mass is 16.7. The van der Waals surface area contributed by atoms with Gasteiger partial charge in [-0.1, -0.05) is 236 Å². The van der Waals surface area contributed by atoms with Crippen LogP contribution < -0.4 is 0 Å². The number of aliphatic hydroxyl groups excluding tert-OH is 2. The summed E-state index contributed by atoms with van der Waals surface area (Å²) < 4.78 is 28.3. The van der Waals surface area contributed by atoms with E-state index in [9.17, 15) is 34.5 Å². The maximum atomic E-state index is 13.1. The smallest absolute Gasteiger partial charge is 0.335 e. The van der Waals surface area contributed by atoms with Crippen LogP contribution in [-0.2, 0) is 42.9 Å². The number of ether oxygens (including phenoxy) is 5. The van der Waals surface area contributed by atoms with Gasteiger partial charge in [0.1, 0.15) is 18.8 Å². The third-order valence-electron chi connectivity index (χ3n) is 12.9. The number of carboxylic acids is 1. The first-order valence-corrected chi connectivity index (χ1v) is 28.6. The summed E-state index contributed by atoms with van der Waals surface area (Å²) in [7, 11) is 0. The second-order valence-electron chi connectivity index (χ2n) is 19.6. The molecule has 1 aliphatic heterocycles. The zero-order chi connectivity index (χ0) is 51.8. The summed E-state index contributed by atoms with van der Waals surface area (Å²) in [6.07, 6.45) is 43.9. The molecule has 0 saturated carbocycles. The Bertz CT molecular complexity index is 1420. The molecule has 3 N–H and O–H groups in total. The molecule has 6 unspecified atom stereocenters. The molecule has 71 heavy (non-hydrogen) atoms. The average molecular weight is 1000 g/mol. The number of carboxylic acid groups (broad SMARTS) is 1. The van der Waals surface area contributed by atoms with Gasteiger partial charge in [0.2, 0.25) is 0 Å². The zero-order valence-electron chi connectivity index (χ0n) is 45.0. The first kappa shape index (κ1) is 65.7. The van der Waals surface area contributed by atoms with Gasteiger partial charge in [-0.05, 0) is 44.9 Å². The van der Waals surface area contributed by atoms with Crippen molar-refractivity contribution in [3.8, 4) is 0 Å². The van der Waals surface area contributed by atoms with E-state index in [0.717, 1.165) is 70.6 Å². The number of rotatable bonds is 48. The summed E-state index contributed by atoms with van der Waals surface area (Å²) in [5, 5.41) is 31.4. The van der Waals surface area contributed by atoms with E-state index in [1.165, 1.54) is 122 Å². The molecular weight excluding hydrogens is 901 g/mol. The van der Waals surface area contributed by atoms with E-state index in [4.69, 9.17) is 23.7 Å². The number of allylic oxidation sites excluding steroid dienone is 8. The van der Waals surface area contributed by atoms with E-state index in [0.29, 0.717) is 19.3 Å². The molecule has 0 amide bonds. The fourth-order valence-electron chi connectivity index (χ4n) is 8.56. The Morgan fingerprint density at radius 3 is 1.32 bits per heavy atom. The van der Waals surface area contributed by atoms with Gasteiger partial charge < -0.3 is 39.0 Å². The maximum Gasteiger partial charge on any atom is 0.335 e. The van der Waals surface area contributed by atoms with Crippen LogP contribution in [-0.4, -0.2) is 89.2 Å². The van der Waals surface area contributed by atoms with Gasteiger partial charge in [0.15, 0.2) is 24.6 Å². The third-order valence-corrected chi connectivity index (χ3v) is 12.9. The lowest BCUT2D eigenvalue weighted by Crippen LogP contribution is -2.61. The van der Waals surface area contributed by atoms with Crippen molar-refractivity contribution >= 4 is 23.9 Å². The number of aliphatic hydroxyl groups is 2. The minimum Gasteiger partial charge on any atom is -0.479 e. The maximum absolute atomic E-state index is 13.1. The molecule has 6 atom stereocenters. The molecule has 1 rings (SSSR count). The number of unbranched alkanes of at least 4 members (excludes halogenated alkanes) is 26. The quantitative estimate of drug-likeness (QED) is 0.0228. The van der Waals surface area contributed by atoms with Gasteiger partial charge in [0, 0.05) is 19.3 Å². The SMILES string of the molecule is CC/C=C\C/C=C\C/C=C\C/C=C\CCC(=O)OCC(COC1OC(C(=O)O)C(O)C(O)C1OC(=O)CCCCCCCCCCCCCCCCCCC)OC(=O)CCCCCCCCCCCCC. The summed E-state index contributed by atoms with van der Waals surface area (Å²) in [4.78, 5) is 50.9. The second kappa shape index (κ2) is 47.7. The molecule has 0 aromatic carbocycles. The molecule has 12 heteroatoms. The third kappa shape index (κ3) is 38.0. The Labute approximate surface area is 431 Å². The number of esters is 3. The molecule has 1 saturated heterocycles. The van der Waals surface area contributed by atoms with Crippen LogP contribution in [0.25, 0.3) is 0 Å². The highest BCUT2D eigenvalue weighted by Gasteiger charge is 2.50. The predicted octanol–water partition coefficient (Wildman–Crippen LogP) is 14.2. The monoisotopic (exact) mass is 1000 g/mol. The normalized spacial score (nSPS) is 18.8. The topological polar surface area (TPSA) is 175 Å². The molecule has 0 aromatic rings. The molecule has 0 bridgehead atoms. The molecule has 0 radical (unpaired) electrons. The number of carbonyl (C=O) groups excluding carboxylic acids is 3. The van der Waals surface area contributed by atoms with E-state index < -0.39 is 67.3 Å². The minimum atomic E-state index is -1.91.